The van der Waals surface area contributed by atoms with E-state index in [1.165, 1.54) is 23.1 Å². The molecule has 0 aliphatic heterocycles. The van der Waals surface area contributed by atoms with E-state index in [0.29, 0.717) is 21.5 Å². The molecule has 2 rings (SSSR count). The Morgan fingerprint density at radius 3 is 2.89 bits per heavy atom. The van der Waals surface area contributed by atoms with Crippen LogP contribution in [0.5, 0.6) is 0 Å². The molecule has 0 saturated carbocycles. The molecule has 19 heavy (non-hydrogen) atoms. The number of carbonyl (C=O) groups is 1. The van der Waals surface area contributed by atoms with Crippen LogP contribution in [-0.4, -0.2) is 15.9 Å². The van der Waals surface area contributed by atoms with Crippen LogP contribution in [0.15, 0.2) is 23.5 Å². The number of nitrogen functional groups attached to an aromatic ring is 2. The first-order valence-corrected chi connectivity index (χ1v) is 7.21. The molecule has 6 nitrogen and oxygen atoms in total. The van der Waals surface area contributed by atoms with E-state index < -0.39 is 0 Å². The Bertz CT molecular complexity index is 599. The number of hydrazine groups is 1. The van der Waals surface area contributed by atoms with Gasteiger partial charge in [-0.1, -0.05) is 11.8 Å². The average Bonchev–Trinajstić information content (AvgIpc) is 2.78. The number of nitrogens with one attached hydrogen (secondary N) is 1. The third-order valence-corrected chi connectivity index (χ3v) is 4.57. The van der Waals surface area contributed by atoms with Gasteiger partial charge in [0.05, 0.1) is 4.88 Å². The Hall–Kier alpha value is -1.64. The molecule has 0 unspecified atom stereocenters. The summed E-state index contributed by atoms with van der Waals surface area (Å²) in [5, 5.41) is 0.693. The number of amides is 1. The van der Waals surface area contributed by atoms with Crippen LogP contribution in [-0.2, 0) is 5.75 Å². The lowest BCUT2D eigenvalue weighted by Crippen LogP contribution is -2.29. The normalized spacial score (nSPS) is 10.4. The molecule has 0 spiro atoms. The number of thioether (sulfide) groups is 1. The Morgan fingerprint density at radius 2 is 2.21 bits per heavy atom. The molecule has 0 bridgehead atoms. The van der Waals surface area contributed by atoms with E-state index in [9.17, 15) is 4.79 Å². The summed E-state index contributed by atoms with van der Waals surface area (Å²) in [4.78, 5) is 21.2. The number of rotatable bonds is 4. The van der Waals surface area contributed by atoms with Crippen molar-refractivity contribution in [2.75, 3.05) is 5.73 Å². The molecule has 2 aromatic rings. The van der Waals surface area contributed by atoms with E-state index in [0.717, 1.165) is 10.4 Å². The van der Waals surface area contributed by atoms with Gasteiger partial charge in [0.2, 0.25) is 0 Å². The highest BCUT2D eigenvalue weighted by atomic mass is 32.2. The number of hydrogen-bond donors (Lipinski definition) is 3. The monoisotopic (exact) mass is 295 g/mol. The fourth-order valence-electron chi connectivity index (χ4n) is 1.44. The summed E-state index contributed by atoms with van der Waals surface area (Å²) in [7, 11) is 0. The van der Waals surface area contributed by atoms with Gasteiger partial charge in [0.1, 0.15) is 5.03 Å². The zero-order valence-corrected chi connectivity index (χ0v) is 11.8. The van der Waals surface area contributed by atoms with Gasteiger partial charge in [-0.15, -0.1) is 11.3 Å². The smallest absolute Gasteiger partial charge is 0.275 e. The predicted octanol–water partition coefficient (Wildman–Crippen LogP) is 1.32. The summed E-state index contributed by atoms with van der Waals surface area (Å²) < 4.78 is 0. The Balaban J connectivity index is 2.10. The molecule has 0 fully saturated rings. The summed E-state index contributed by atoms with van der Waals surface area (Å²) in [6.07, 6.45) is 3.16. The molecule has 8 heteroatoms. The standard InChI is InChI=1S/C11H13N5OS2/c1-6-7(4-8(19-6)10(17)16-13)5-18-11-9(12)14-2-3-15-11/h2-4H,5,13H2,1H3,(H2,12,14)(H,16,17). The average molecular weight is 295 g/mol. The van der Waals surface area contributed by atoms with E-state index in [-0.39, 0.29) is 5.91 Å². The fraction of sp³-hybridized carbons (Fsp3) is 0.182. The highest BCUT2D eigenvalue weighted by Gasteiger charge is 2.12. The van der Waals surface area contributed by atoms with Crippen LogP contribution >= 0.6 is 23.1 Å². The predicted molar refractivity (Wildman–Crippen MR) is 76.7 cm³/mol. The molecular weight excluding hydrogens is 282 g/mol. The maximum atomic E-state index is 11.4. The Morgan fingerprint density at radius 1 is 1.47 bits per heavy atom. The number of anilines is 1. The number of nitrogens with two attached hydrogens (primary N) is 2. The van der Waals surface area contributed by atoms with E-state index >= 15 is 0 Å². The first-order valence-electron chi connectivity index (χ1n) is 5.41. The molecule has 2 heterocycles. The third kappa shape index (κ3) is 3.22. The van der Waals surface area contributed by atoms with E-state index in [2.05, 4.69) is 15.4 Å². The van der Waals surface area contributed by atoms with Gasteiger partial charge in [0.25, 0.3) is 5.91 Å². The molecule has 1 amide bonds. The van der Waals surface area contributed by atoms with Crippen LogP contribution < -0.4 is 17.0 Å². The van der Waals surface area contributed by atoms with Crippen molar-refractivity contribution in [1.29, 1.82) is 0 Å². The minimum atomic E-state index is -0.275. The summed E-state index contributed by atoms with van der Waals surface area (Å²) in [6, 6.07) is 1.84. The second kappa shape index (κ2) is 6.00. The number of aromatic nitrogens is 2. The first-order chi connectivity index (χ1) is 9.11. The van der Waals surface area contributed by atoms with Crippen molar-refractivity contribution in [2.45, 2.75) is 17.7 Å². The van der Waals surface area contributed by atoms with Crippen molar-refractivity contribution in [3.05, 3.63) is 33.8 Å². The van der Waals surface area contributed by atoms with Crippen LogP contribution in [0.2, 0.25) is 0 Å². The van der Waals surface area contributed by atoms with Gasteiger partial charge >= 0.3 is 0 Å². The highest BCUT2D eigenvalue weighted by Crippen LogP contribution is 2.29. The van der Waals surface area contributed by atoms with Crippen molar-refractivity contribution in [3.63, 3.8) is 0 Å². The third-order valence-electron chi connectivity index (χ3n) is 2.43. The van der Waals surface area contributed by atoms with Gasteiger partial charge in [0.15, 0.2) is 5.82 Å². The minimum absolute atomic E-state index is 0.275. The first kappa shape index (κ1) is 13.8. The molecule has 0 radical (unpaired) electrons. The van der Waals surface area contributed by atoms with Gasteiger partial charge in [-0.3, -0.25) is 10.2 Å². The molecular formula is C11H13N5OS2. The summed E-state index contributed by atoms with van der Waals surface area (Å²) >= 11 is 2.91. The van der Waals surface area contributed by atoms with Crippen molar-refractivity contribution < 1.29 is 4.79 Å². The topological polar surface area (TPSA) is 107 Å². The molecule has 0 aliphatic carbocycles. The molecule has 0 atom stereocenters. The van der Waals surface area contributed by atoms with E-state index in [1.54, 1.807) is 12.4 Å². The zero-order valence-electron chi connectivity index (χ0n) is 10.2. The summed E-state index contributed by atoms with van der Waals surface area (Å²) in [5.74, 6) is 5.94. The maximum absolute atomic E-state index is 11.4. The van der Waals surface area contributed by atoms with Crippen molar-refractivity contribution in [3.8, 4) is 0 Å². The minimum Gasteiger partial charge on any atom is -0.381 e. The summed E-state index contributed by atoms with van der Waals surface area (Å²) in [6.45, 7) is 1.97. The molecule has 0 aliphatic rings. The van der Waals surface area contributed by atoms with E-state index in [4.69, 9.17) is 11.6 Å². The molecule has 2 aromatic heterocycles. The quantitative estimate of drug-likeness (QED) is 0.340. The number of thiophene rings is 1. The SMILES string of the molecule is Cc1sc(C(=O)NN)cc1CSc1nccnc1N. The van der Waals surface area contributed by atoms with Gasteiger partial charge in [-0.2, -0.15) is 0 Å². The largest absolute Gasteiger partial charge is 0.381 e. The van der Waals surface area contributed by atoms with Crippen LogP contribution in [0, 0.1) is 6.92 Å². The van der Waals surface area contributed by atoms with Crippen LogP contribution in [0.3, 0.4) is 0 Å². The van der Waals surface area contributed by atoms with Gasteiger partial charge in [-0.05, 0) is 18.6 Å². The lowest BCUT2D eigenvalue weighted by Gasteiger charge is -2.02. The van der Waals surface area contributed by atoms with Gasteiger partial charge < -0.3 is 5.73 Å². The van der Waals surface area contributed by atoms with Crippen LogP contribution in [0.1, 0.15) is 20.1 Å². The van der Waals surface area contributed by atoms with Crippen LogP contribution in [0.4, 0.5) is 5.82 Å². The molecule has 0 saturated heterocycles. The van der Waals surface area contributed by atoms with Crippen molar-refractivity contribution in [2.24, 2.45) is 5.84 Å². The van der Waals surface area contributed by atoms with Gasteiger partial charge in [-0.25, -0.2) is 15.8 Å². The number of nitrogens with zero attached hydrogens (tertiary/aromatic N) is 2. The highest BCUT2D eigenvalue weighted by molar-refractivity contribution is 7.98. The number of hydrogen-bond acceptors (Lipinski definition) is 7. The zero-order chi connectivity index (χ0) is 13.8. The van der Waals surface area contributed by atoms with Gasteiger partial charge in [0, 0.05) is 23.0 Å². The number of carbonyl (C=O) groups excluding carboxylic acids is 1. The van der Waals surface area contributed by atoms with Crippen molar-refractivity contribution >= 4 is 34.8 Å². The Kier molecular flexibility index (Phi) is 4.35. The molecule has 0 aromatic carbocycles. The second-order valence-corrected chi connectivity index (χ2v) is 5.92. The maximum Gasteiger partial charge on any atom is 0.275 e. The van der Waals surface area contributed by atoms with Crippen LogP contribution in [0.25, 0.3) is 0 Å². The van der Waals surface area contributed by atoms with E-state index in [1.807, 2.05) is 13.0 Å². The number of aryl methyl sites for hydroxylation is 1. The second-order valence-electron chi connectivity index (χ2n) is 3.70. The van der Waals surface area contributed by atoms with Crippen molar-refractivity contribution in [1.82, 2.24) is 15.4 Å². The Labute approximate surface area is 118 Å². The lowest BCUT2D eigenvalue weighted by atomic mass is 10.3. The molecule has 5 N–H and O–H groups in total. The molecule has 100 valence electrons. The lowest BCUT2D eigenvalue weighted by molar-refractivity contribution is 0.0957. The summed E-state index contributed by atoms with van der Waals surface area (Å²) in [5.41, 5.74) is 8.92. The fourth-order valence-corrected chi connectivity index (χ4v) is 3.40.